The van der Waals surface area contributed by atoms with E-state index in [9.17, 15) is 18.7 Å². The Kier molecular flexibility index (Phi) is 6.50. The van der Waals surface area contributed by atoms with E-state index < -0.39 is 17.6 Å². The summed E-state index contributed by atoms with van der Waals surface area (Å²) < 4.78 is 27.6. The van der Waals surface area contributed by atoms with Gasteiger partial charge in [0, 0.05) is 24.8 Å². The van der Waals surface area contributed by atoms with Crippen molar-refractivity contribution in [3.8, 4) is 11.1 Å². The fourth-order valence-corrected chi connectivity index (χ4v) is 3.99. The van der Waals surface area contributed by atoms with Crippen LogP contribution in [0, 0.1) is 18.6 Å². The van der Waals surface area contributed by atoms with Crippen LogP contribution in [0.15, 0.2) is 91.0 Å². The number of nitrogens with zero attached hydrogens (tertiary/aromatic N) is 1. The molecular weight excluding hydrogens is 420 g/mol. The molecule has 3 nitrogen and oxygen atoms in total. The van der Waals surface area contributed by atoms with Gasteiger partial charge < -0.3 is 10.0 Å². The van der Waals surface area contributed by atoms with Crippen LogP contribution >= 0.6 is 0 Å². The topological polar surface area (TPSA) is 40.5 Å². The number of hydrogen-bond acceptors (Lipinski definition) is 2. The highest BCUT2D eigenvalue weighted by Gasteiger charge is 2.16. The first-order valence-electron chi connectivity index (χ1n) is 10.6. The number of carboxylic acid groups (broad SMARTS) is 1. The summed E-state index contributed by atoms with van der Waals surface area (Å²) in [6.45, 7) is 2.67. The molecule has 33 heavy (non-hydrogen) atoms. The third-order valence-electron chi connectivity index (χ3n) is 5.54. The lowest BCUT2D eigenvalue weighted by molar-refractivity contribution is 0.0697. The van der Waals surface area contributed by atoms with Gasteiger partial charge in [-0.1, -0.05) is 48.5 Å². The zero-order valence-corrected chi connectivity index (χ0v) is 18.1. The average molecular weight is 443 g/mol. The number of para-hydroxylation sites is 1. The maximum absolute atomic E-state index is 13.8. The van der Waals surface area contributed by atoms with Crippen LogP contribution in [0.4, 0.5) is 14.5 Å². The average Bonchev–Trinajstić information content (AvgIpc) is 2.79. The first-order chi connectivity index (χ1) is 15.9. The number of carboxylic acids is 1. The van der Waals surface area contributed by atoms with Gasteiger partial charge in [0.25, 0.3) is 0 Å². The molecule has 4 aromatic rings. The maximum Gasteiger partial charge on any atom is 0.336 e. The van der Waals surface area contributed by atoms with E-state index in [0.717, 1.165) is 28.4 Å². The van der Waals surface area contributed by atoms with E-state index in [-0.39, 0.29) is 5.56 Å². The number of halogens is 2. The molecule has 166 valence electrons. The van der Waals surface area contributed by atoms with Crippen LogP contribution in [-0.4, -0.2) is 11.1 Å². The summed E-state index contributed by atoms with van der Waals surface area (Å²) in [6.07, 6.45) is 0. The predicted octanol–water partition coefficient (Wildman–Crippen LogP) is 6.85. The Bertz CT molecular complexity index is 1270. The first kappa shape index (κ1) is 22.2. The molecule has 0 atom stereocenters. The van der Waals surface area contributed by atoms with Gasteiger partial charge in [-0.3, -0.25) is 0 Å². The zero-order valence-electron chi connectivity index (χ0n) is 18.1. The molecule has 0 amide bonds. The lowest BCUT2D eigenvalue weighted by atomic mass is 9.94. The normalized spacial score (nSPS) is 10.8. The third-order valence-corrected chi connectivity index (χ3v) is 5.54. The van der Waals surface area contributed by atoms with Gasteiger partial charge in [-0.15, -0.1) is 0 Å². The number of aromatic carboxylic acids is 1. The second kappa shape index (κ2) is 9.65. The molecule has 0 bridgehead atoms. The van der Waals surface area contributed by atoms with Gasteiger partial charge in [0.2, 0.25) is 0 Å². The van der Waals surface area contributed by atoms with Crippen LogP contribution in [0.5, 0.6) is 0 Å². The molecule has 0 saturated heterocycles. The Morgan fingerprint density at radius 2 is 1.39 bits per heavy atom. The van der Waals surface area contributed by atoms with Gasteiger partial charge in [0.15, 0.2) is 0 Å². The van der Waals surface area contributed by atoms with Gasteiger partial charge in [-0.05, 0) is 71.1 Å². The van der Waals surface area contributed by atoms with Gasteiger partial charge >= 0.3 is 5.97 Å². The van der Waals surface area contributed by atoms with Crippen molar-refractivity contribution in [1.82, 2.24) is 0 Å². The van der Waals surface area contributed by atoms with E-state index in [1.54, 1.807) is 12.1 Å². The van der Waals surface area contributed by atoms with Crippen LogP contribution in [0.3, 0.4) is 0 Å². The molecule has 0 aliphatic heterocycles. The van der Waals surface area contributed by atoms with Gasteiger partial charge in [0.05, 0.1) is 5.56 Å². The van der Waals surface area contributed by atoms with E-state index in [4.69, 9.17) is 0 Å². The van der Waals surface area contributed by atoms with Crippen LogP contribution in [0.1, 0.15) is 27.0 Å². The SMILES string of the molecule is Cc1ccccc1-c1cc(CN(Cc2cc(F)cc(F)c2)c2ccccc2)ccc1C(=O)O. The molecule has 0 spiro atoms. The lowest BCUT2D eigenvalue weighted by Crippen LogP contribution is -2.22. The van der Waals surface area contributed by atoms with Crippen molar-refractivity contribution in [3.05, 3.63) is 125 Å². The van der Waals surface area contributed by atoms with E-state index in [2.05, 4.69) is 0 Å². The van der Waals surface area contributed by atoms with Crippen molar-refractivity contribution in [3.63, 3.8) is 0 Å². The van der Waals surface area contributed by atoms with Crippen LogP contribution < -0.4 is 4.90 Å². The molecule has 0 saturated carbocycles. The Hall–Kier alpha value is -3.99. The van der Waals surface area contributed by atoms with Crippen LogP contribution in [0.25, 0.3) is 11.1 Å². The summed E-state index contributed by atoms with van der Waals surface area (Å²) >= 11 is 0. The number of benzene rings is 4. The number of anilines is 1. The third kappa shape index (κ3) is 5.26. The van der Waals surface area contributed by atoms with Crippen molar-refractivity contribution in [2.24, 2.45) is 0 Å². The van der Waals surface area contributed by atoms with E-state index >= 15 is 0 Å². The summed E-state index contributed by atoms with van der Waals surface area (Å²) in [5, 5.41) is 9.73. The highest BCUT2D eigenvalue weighted by Crippen LogP contribution is 2.29. The molecule has 5 heteroatoms. The van der Waals surface area contributed by atoms with Crippen LogP contribution in [-0.2, 0) is 13.1 Å². The van der Waals surface area contributed by atoms with E-state index in [0.29, 0.717) is 24.2 Å². The Balaban J connectivity index is 1.74. The van der Waals surface area contributed by atoms with Crippen molar-refractivity contribution >= 4 is 11.7 Å². The molecule has 1 N–H and O–H groups in total. The Morgan fingerprint density at radius 3 is 2.06 bits per heavy atom. The monoisotopic (exact) mass is 443 g/mol. The maximum atomic E-state index is 13.8. The van der Waals surface area contributed by atoms with Gasteiger partial charge in [-0.25, -0.2) is 13.6 Å². The minimum absolute atomic E-state index is 0.228. The Labute approximate surface area is 191 Å². The lowest BCUT2D eigenvalue weighted by Gasteiger charge is -2.26. The summed E-state index contributed by atoms with van der Waals surface area (Å²) in [5.41, 5.74) is 5.00. The van der Waals surface area contributed by atoms with E-state index in [1.165, 1.54) is 12.1 Å². The number of aryl methyl sites for hydroxylation is 1. The number of rotatable bonds is 7. The fraction of sp³-hybridized carbons (Fsp3) is 0.107. The highest BCUT2D eigenvalue weighted by atomic mass is 19.1. The zero-order chi connectivity index (χ0) is 23.4. The largest absolute Gasteiger partial charge is 0.478 e. The molecule has 0 fully saturated rings. The Morgan fingerprint density at radius 1 is 0.758 bits per heavy atom. The van der Waals surface area contributed by atoms with Crippen molar-refractivity contribution in [2.75, 3.05) is 4.90 Å². The van der Waals surface area contributed by atoms with Crippen molar-refractivity contribution in [1.29, 1.82) is 0 Å². The first-order valence-corrected chi connectivity index (χ1v) is 10.6. The summed E-state index contributed by atoms with van der Waals surface area (Å²) in [6, 6.07) is 26.0. The summed E-state index contributed by atoms with van der Waals surface area (Å²) in [5.74, 6) is -2.23. The molecule has 0 aliphatic rings. The molecule has 4 aromatic carbocycles. The van der Waals surface area contributed by atoms with E-state index in [1.807, 2.05) is 72.5 Å². The predicted molar refractivity (Wildman–Crippen MR) is 126 cm³/mol. The van der Waals surface area contributed by atoms with Gasteiger partial charge in [0.1, 0.15) is 11.6 Å². The molecule has 0 aromatic heterocycles. The van der Waals surface area contributed by atoms with Crippen molar-refractivity contribution in [2.45, 2.75) is 20.0 Å². The molecule has 0 heterocycles. The molecule has 4 rings (SSSR count). The molecule has 0 radical (unpaired) electrons. The summed E-state index contributed by atoms with van der Waals surface area (Å²) in [7, 11) is 0. The smallest absolute Gasteiger partial charge is 0.336 e. The highest BCUT2D eigenvalue weighted by molar-refractivity contribution is 5.96. The molecular formula is C28H23F2NO2. The molecule has 0 aliphatic carbocycles. The molecule has 0 unspecified atom stereocenters. The standard InChI is InChI=1S/C28H23F2NO2/c1-19-7-5-6-10-25(19)27-15-20(11-12-26(27)28(32)33)17-31(24-8-3-2-4-9-24)18-21-13-22(29)16-23(30)14-21/h2-16H,17-18H2,1H3,(H,32,33). The van der Waals surface area contributed by atoms with Crippen molar-refractivity contribution < 1.29 is 18.7 Å². The van der Waals surface area contributed by atoms with Crippen LogP contribution in [0.2, 0.25) is 0 Å². The second-order valence-electron chi connectivity index (χ2n) is 7.97. The quantitative estimate of drug-likeness (QED) is 0.340. The second-order valence-corrected chi connectivity index (χ2v) is 7.97. The fourth-order valence-electron chi connectivity index (χ4n) is 3.99. The summed E-state index contributed by atoms with van der Waals surface area (Å²) in [4.78, 5) is 13.9. The number of hydrogen-bond donors (Lipinski definition) is 1. The minimum atomic E-state index is -0.991. The number of carbonyl (C=O) groups is 1. The van der Waals surface area contributed by atoms with Gasteiger partial charge in [-0.2, -0.15) is 0 Å². The minimum Gasteiger partial charge on any atom is -0.478 e.